The first-order valence-corrected chi connectivity index (χ1v) is 8.55. The van der Waals surface area contributed by atoms with Crippen molar-refractivity contribution in [2.24, 2.45) is 0 Å². The van der Waals surface area contributed by atoms with Gasteiger partial charge in [-0.1, -0.05) is 42.5 Å². The summed E-state index contributed by atoms with van der Waals surface area (Å²) in [6.45, 7) is 5.13. The van der Waals surface area contributed by atoms with Crippen molar-refractivity contribution in [1.82, 2.24) is 5.32 Å². The molecule has 0 spiro atoms. The Morgan fingerprint density at radius 3 is 2.33 bits per heavy atom. The molecule has 0 aliphatic heterocycles. The summed E-state index contributed by atoms with van der Waals surface area (Å²) < 4.78 is 5.11. The molecule has 0 radical (unpaired) electrons. The number of hydrogen-bond donors (Lipinski definition) is 2. The fraction of sp³-hybridized carbons (Fsp3) is 0.286. The number of aldehydes is 1. The Hall–Kier alpha value is -3.15. The van der Waals surface area contributed by atoms with Gasteiger partial charge in [-0.2, -0.15) is 0 Å². The number of carbonyl (C=O) groups is 3. The molecule has 0 aliphatic rings. The molecule has 0 heterocycles. The number of nitrogens with one attached hydrogen (secondary N) is 1. The van der Waals surface area contributed by atoms with Crippen LogP contribution in [0.4, 0.5) is 4.79 Å². The molecular weight excluding hydrogens is 346 g/mol. The van der Waals surface area contributed by atoms with Crippen LogP contribution >= 0.6 is 0 Å². The van der Waals surface area contributed by atoms with Crippen molar-refractivity contribution in [3.8, 4) is 11.1 Å². The van der Waals surface area contributed by atoms with Crippen molar-refractivity contribution < 1.29 is 24.2 Å². The van der Waals surface area contributed by atoms with E-state index in [4.69, 9.17) is 4.74 Å². The van der Waals surface area contributed by atoms with E-state index in [-0.39, 0.29) is 6.42 Å². The van der Waals surface area contributed by atoms with Gasteiger partial charge in [0.1, 0.15) is 17.9 Å². The van der Waals surface area contributed by atoms with Crippen molar-refractivity contribution in [2.75, 3.05) is 0 Å². The summed E-state index contributed by atoms with van der Waals surface area (Å²) in [5.41, 5.74) is 2.45. The average molecular weight is 369 g/mol. The Morgan fingerprint density at radius 2 is 1.78 bits per heavy atom. The molecule has 2 aromatic rings. The molecule has 0 aliphatic carbocycles. The number of carboxylic acids is 1. The molecular formula is C21H23NO5. The third-order valence-corrected chi connectivity index (χ3v) is 3.74. The van der Waals surface area contributed by atoms with Gasteiger partial charge in [-0.05, 0) is 43.5 Å². The van der Waals surface area contributed by atoms with E-state index in [0.717, 1.165) is 23.0 Å². The molecule has 6 heteroatoms. The summed E-state index contributed by atoms with van der Waals surface area (Å²) in [6.07, 6.45) is 0.151. The first kappa shape index (κ1) is 20.2. The SMILES string of the molecule is CC(C)(C)OC(=O)NC(Cc1ccc(-c2cccc(C=O)c2)cc1)C(=O)O. The Bertz CT molecular complexity index is 821. The lowest BCUT2D eigenvalue weighted by Crippen LogP contribution is -2.44. The quantitative estimate of drug-likeness (QED) is 0.758. The molecule has 0 aromatic heterocycles. The van der Waals surface area contributed by atoms with E-state index in [1.165, 1.54) is 0 Å². The summed E-state index contributed by atoms with van der Waals surface area (Å²) in [6, 6.07) is 13.4. The summed E-state index contributed by atoms with van der Waals surface area (Å²) >= 11 is 0. The van der Waals surface area contributed by atoms with E-state index < -0.39 is 23.7 Å². The Morgan fingerprint density at radius 1 is 1.11 bits per heavy atom. The van der Waals surface area contributed by atoms with Gasteiger partial charge in [-0.25, -0.2) is 9.59 Å². The smallest absolute Gasteiger partial charge is 0.408 e. The van der Waals surface area contributed by atoms with Crippen molar-refractivity contribution in [2.45, 2.75) is 38.8 Å². The van der Waals surface area contributed by atoms with Crippen LogP contribution in [0.5, 0.6) is 0 Å². The minimum Gasteiger partial charge on any atom is -0.480 e. The van der Waals surface area contributed by atoms with Crippen LogP contribution in [-0.4, -0.2) is 35.1 Å². The minimum absolute atomic E-state index is 0.128. The summed E-state index contributed by atoms with van der Waals surface area (Å²) in [5.74, 6) is -1.14. The number of hydrogen-bond acceptors (Lipinski definition) is 4. The van der Waals surface area contributed by atoms with Crippen LogP contribution in [0, 0.1) is 0 Å². The fourth-order valence-corrected chi connectivity index (χ4v) is 2.51. The zero-order chi connectivity index (χ0) is 20.0. The summed E-state index contributed by atoms with van der Waals surface area (Å²) in [4.78, 5) is 34.2. The first-order chi connectivity index (χ1) is 12.7. The second-order valence-electron chi connectivity index (χ2n) is 7.18. The zero-order valence-electron chi connectivity index (χ0n) is 15.6. The fourth-order valence-electron chi connectivity index (χ4n) is 2.51. The van der Waals surface area contributed by atoms with Gasteiger partial charge in [-0.15, -0.1) is 0 Å². The largest absolute Gasteiger partial charge is 0.480 e. The standard InChI is InChI=1S/C21H23NO5/c1-21(2,3)27-20(26)22-18(19(24)25)12-14-7-9-16(10-8-14)17-6-4-5-15(11-17)13-23/h4-11,13,18H,12H2,1-3H3,(H,22,26)(H,24,25). The van der Waals surface area contributed by atoms with Crippen LogP contribution in [0.1, 0.15) is 36.7 Å². The molecule has 2 rings (SSSR count). The van der Waals surface area contributed by atoms with Gasteiger partial charge in [0.25, 0.3) is 0 Å². The topological polar surface area (TPSA) is 92.7 Å². The molecule has 1 unspecified atom stereocenters. The van der Waals surface area contributed by atoms with Gasteiger partial charge in [0.15, 0.2) is 0 Å². The van der Waals surface area contributed by atoms with Crippen molar-refractivity contribution in [3.63, 3.8) is 0 Å². The normalized spacial score (nSPS) is 12.1. The second kappa shape index (κ2) is 8.49. The molecule has 0 fully saturated rings. The van der Waals surface area contributed by atoms with Crippen LogP contribution < -0.4 is 5.32 Å². The van der Waals surface area contributed by atoms with Crippen LogP contribution in [-0.2, 0) is 16.0 Å². The van der Waals surface area contributed by atoms with Gasteiger partial charge < -0.3 is 15.2 Å². The third-order valence-electron chi connectivity index (χ3n) is 3.74. The maximum absolute atomic E-state index is 11.8. The monoisotopic (exact) mass is 369 g/mol. The molecule has 2 N–H and O–H groups in total. The van der Waals surface area contributed by atoms with Gasteiger partial charge >= 0.3 is 12.1 Å². The Labute approximate surface area is 158 Å². The molecule has 0 saturated carbocycles. The average Bonchev–Trinajstić information content (AvgIpc) is 2.60. The van der Waals surface area contributed by atoms with Crippen LogP contribution in [0.25, 0.3) is 11.1 Å². The van der Waals surface area contributed by atoms with E-state index in [1.54, 1.807) is 51.1 Å². The lowest BCUT2D eigenvalue weighted by Gasteiger charge is -2.22. The molecule has 6 nitrogen and oxygen atoms in total. The van der Waals surface area contributed by atoms with Gasteiger partial charge in [0, 0.05) is 12.0 Å². The van der Waals surface area contributed by atoms with E-state index in [9.17, 15) is 19.5 Å². The highest BCUT2D eigenvalue weighted by molar-refractivity contribution is 5.81. The van der Waals surface area contributed by atoms with E-state index in [0.29, 0.717) is 5.56 Å². The second-order valence-corrected chi connectivity index (χ2v) is 7.18. The zero-order valence-corrected chi connectivity index (χ0v) is 15.6. The molecule has 1 amide bonds. The molecule has 27 heavy (non-hydrogen) atoms. The number of aliphatic carboxylic acids is 1. The number of carboxylic acid groups (broad SMARTS) is 1. The van der Waals surface area contributed by atoms with Gasteiger partial charge in [0.2, 0.25) is 0 Å². The van der Waals surface area contributed by atoms with E-state index >= 15 is 0 Å². The third kappa shape index (κ3) is 6.26. The van der Waals surface area contributed by atoms with E-state index in [1.807, 2.05) is 18.2 Å². The predicted octanol–water partition coefficient (Wildman–Crippen LogP) is 3.69. The molecule has 1 atom stereocenters. The highest BCUT2D eigenvalue weighted by Crippen LogP contribution is 2.21. The van der Waals surface area contributed by atoms with Crippen LogP contribution in [0.2, 0.25) is 0 Å². The molecule has 0 saturated heterocycles. The number of amides is 1. The van der Waals surface area contributed by atoms with Crippen LogP contribution in [0.15, 0.2) is 48.5 Å². The molecule has 142 valence electrons. The van der Waals surface area contributed by atoms with Crippen LogP contribution in [0.3, 0.4) is 0 Å². The predicted molar refractivity (Wildman–Crippen MR) is 102 cm³/mol. The highest BCUT2D eigenvalue weighted by atomic mass is 16.6. The molecule has 0 bridgehead atoms. The number of carbonyl (C=O) groups excluding carboxylic acids is 2. The van der Waals surface area contributed by atoms with Crippen molar-refractivity contribution in [1.29, 1.82) is 0 Å². The highest BCUT2D eigenvalue weighted by Gasteiger charge is 2.24. The maximum atomic E-state index is 11.8. The maximum Gasteiger partial charge on any atom is 0.408 e. The number of alkyl carbamates (subject to hydrolysis) is 1. The molecule has 2 aromatic carbocycles. The van der Waals surface area contributed by atoms with Gasteiger partial charge in [0.05, 0.1) is 0 Å². The van der Waals surface area contributed by atoms with Gasteiger partial charge in [-0.3, -0.25) is 4.79 Å². The number of benzene rings is 2. The number of rotatable bonds is 6. The van der Waals surface area contributed by atoms with Crippen molar-refractivity contribution >= 4 is 18.3 Å². The Kier molecular flexibility index (Phi) is 6.34. The number of ether oxygens (including phenoxy) is 1. The minimum atomic E-state index is -1.14. The Balaban J connectivity index is 2.09. The summed E-state index contributed by atoms with van der Waals surface area (Å²) in [5, 5.41) is 11.8. The first-order valence-electron chi connectivity index (χ1n) is 8.55. The van der Waals surface area contributed by atoms with Crippen molar-refractivity contribution in [3.05, 3.63) is 59.7 Å². The lowest BCUT2D eigenvalue weighted by molar-refractivity contribution is -0.139. The summed E-state index contributed by atoms with van der Waals surface area (Å²) in [7, 11) is 0. The lowest BCUT2D eigenvalue weighted by atomic mass is 9.99. The van der Waals surface area contributed by atoms with E-state index in [2.05, 4.69) is 5.32 Å².